The Morgan fingerprint density at radius 2 is 2.14 bits per heavy atom. The van der Waals surface area contributed by atoms with Crippen LogP contribution >= 0.6 is 0 Å². The Morgan fingerprint density at radius 1 is 1.24 bits per heavy atom. The number of aromatic nitrogens is 4. The largest absolute Gasteiger partial charge is 0.497 e. The number of hydrogen-bond acceptors (Lipinski definition) is 6. The second-order valence-corrected chi connectivity index (χ2v) is 7.16. The number of aryl methyl sites for hydroxylation is 1. The number of anilines is 1. The van der Waals surface area contributed by atoms with Gasteiger partial charge in [-0.3, -0.25) is 0 Å². The number of rotatable bonds is 4. The van der Waals surface area contributed by atoms with Gasteiger partial charge in [0.25, 0.3) is 0 Å². The van der Waals surface area contributed by atoms with Crippen molar-refractivity contribution in [1.82, 2.24) is 19.9 Å². The molecule has 4 heterocycles. The summed E-state index contributed by atoms with van der Waals surface area (Å²) in [6, 6.07) is 9.55. The van der Waals surface area contributed by atoms with Crippen LogP contribution in [0, 0.1) is 6.92 Å². The lowest BCUT2D eigenvalue weighted by molar-refractivity contribution is 0.364. The molecule has 0 bridgehead atoms. The number of fused-ring (bicyclic) bond motifs is 1. The lowest BCUT2D eigenvalue weighted by Gasteiger charge is -2.19. The Morgan fingerprint density at radius 3 is 2.86 bits per heavy atom. The number of nitrogens with one attached hydrogen (secondary N) is 1. The van der Waals surface area contributed by atoms with Crippen LogP contribution in [0.15, 0.2) is 41.1 Å². The predicted molar refractivity (Wildman–Crippen MR) is 108 cm³/mol. The Kier molecular flexibility index (Phi) is 4.19. The number of aromatic amines is 1. The lowest BCUT2D eigenvalue weighted by Crippen LogP contribution is -2.19. The molecule has 29 heavy (non-hydrogen) atoms. The quantitative estimate of drug-likeness (QED) is 0.561. The highest BCUT2D eigenvalue weighted by atomic mass is 19.1. The van der Waals surface area contributed by atoms with Gasteiger partial charge in [-0.1, -0.05) is 0 Å². The number of nitrogens with zero attached hydrogens (tertiary/aromatic N) is 4. The normalized spacial score (nSPS) is 16.7. The van der Waals surface area contributed by atoms with Crippen molar-refractivity contribution in [1.29, 1.82) is 0 Å². The topological polar surface area (TPSA) is 80.1 Å². The highest BCUT2D eigenvalue weighted by molar-refractivity contribution is 5.89. The Balaban J connectivity index is 1.67. The monoisotopic (exact) mass is 393 g/mol. The van der Waals surface area contributed by atoms with Gasteiger partial charge in [0.15, 0.2) is 17.2 Å². The van der Waals surface area contributed by atoms with Crippen LogP contribution in [0.1, 0.15) is 12.2 Å². The number of ether oxygens (including phenoxy) is 1. The molecule has 8 heteroatoms. The van der Waals surface area contributed by atoms with Crippen LogP contribution in [0.25, 0.3) is 34.0 Å². The van der Waals surface area contributed by atoms with Gasteiger partial charge in [0.2, 0.25) is 0 Å². The first-order chi connectivity index (χ1) is 14.1. The smallest absolute Gasteiger partial charge is 0.198 e. The van der Waals surface area contributed by atoms with Crippen LogP contribution in [0.4, 0.5) is 10.1 Å². The Labute approximate surface area is 166 Å². The fourth-order valence-corrected chi connectivity index (χ4v) is 3.68. The molecule has 4 aromatic rings. The van der Waals surface area contributed by atoms with Crippen LogP contribution < -0.4 is 9.64 Å². The summed E-state index contributed by atoms with van der Waals surface area (Å²) in [6.45, 7) is 2.93. The number of H-pyrrole nitrogens is 1. The van der Waals surface area contributed by atoms with Gasteiger partial charge in [-0.15, -0.1) is 0 Å². The first-order valence-corrected chi connectivity index (χ1v) is 9.47. The second-order valence-electron chi connectivity index (χ2n) is 7.16. The number of methoxy groups -OCH3 is 1. The van der Waals surface area contributed by atoms with Gasteiger partial charge >= 0.3 is 0 Å². The molecule has 1 fully saturated rings. The summed E-state index contributed by atoms with van der Waals surface area (Å²) in [5.41, 5.74) is 3.70. The third-order valence-corrected chi connectivity index (χ3v) is 5.14. The molecule has 0 aliphatic carbocycles. The van der Waals surface area contributed by atoms with Crippen molar-refractivity contribution in [2.75, 3.05) is 25.1 Å². The van der Waals surface area contributed by atoms with E-state index in [1.54, 1.807) is 13.4 Å². The third kappa shape index (κ3) is 3.20. The van der Waals surface area contributed by atoms with E-state index in [2.05, 4.69) is 15.0 Å². The molecule has 7 nitrogen and oxygen atoms in total. The molecule has 0 unspecified atom stereocenters. The summed E-state index contributed by atoms with van der Waals surface area (Å²) in [5, 5.41) is 0. The SMILES string of the molecule is COc1cc(-c2nc(-c3ccc(C)o3)nc3nc[nH]c23)cc(N2CC[C@@H](F)C2)c1. The van der Waals surface area contributed by atoms with E-state index in [-0.39, 0.29) is 0 Å². The molecule has 148 valence electrons. The summed E-state index contributed by atoms with van der Waals surface area (Å²) in [6.07, 6.45) is 1.32. The molecular formula is C21H20FN5O2. The average molecular weight is 393 g/mol. The molecule has 1 N–H and O–H groups in total. The molecule has 1 aliphatic heterocycles. The molecule has 1 aliphatic rings. The lowest BCUT2D eigenvalue weighted by atomic mass is 10.1. The van der Waals surface area contributed by atoms with E-state index < -0.39 is 6.17 Å². The molecule has 0 saturated carbocycles. The molecule has 5 rings (SSSR count). The number of benzene rings is 1. The summed E-state index contributed by atoms with van der Waals surface area (Å²) in [5.74, 6) is 2.51. The molecule has 3 aromatic heterocycles. The van der Waals surface area contributed by atoms with Gasteiger partial charge in [-0.05, 0) is 37.6 Å². The van der Waals surface area contributed by atoms with Crippen LogP contribution in [-0.2, 0) is 0 Å². The van der Waals surface area contributed by atoms with Crippen LogP contribution in [-0.4, -0.2) is 46.3 Å². The first-order valence-electron chi connectivity index (χ1n) is 9.47. The maximum atomic E-state index is 13.8. The van der Waals surface area contributed by atoms with Crippen LogP contribution in [0.3, 0.4) is 0 Å². The first kappa shape index (κ1) is 17.7. The highest BCUT2D eigenvalue weighted by Crippen LogP contribution is 2.35. The second kappa shape index (κ2) is 6.88. The fraction of sp³-hybridized carbons (Fsp3) is 0.286. The van der Waals surface area contributed by atoms with E-state index >= 15 is 0 Å². The maximum Gasteiger partial charge on any atom is 0.198 e. The van der Waals surface area contributed by atoms with Crippen molar-refractivity contribution in [2.45, 2.75) is 19.5 Å². The van der Waals surface area contributed by atoms with E-state index in [0.29, 0.717) is 48.2 Å². The number of alkyl halides is 1. The van der Waals surface area contributed by atoms with Gasteiger partial charge in [0.05, 0.1) is 13.4 Å². The van der Waals surface area contributed by atoms with Crippen molar-refractivity contribution in [3.8, 4) is 28.6 Å². The fourth-order valence-electron chi connectivity index (χ4n) is 3.68. The summed E-state index contributed by atoms with van der Waals surface area (Å²) in [7, 11) is 1.62. The van der Waals surface area contributed by atoms with E-state index in [0.717, 1.165) is 22.5 Å². The van der Waals surface area contributed by atoms with Gasteiger partial charge in [0, 0.05) is 30.4 Å². The van der Waals surface area contributed by atoms with E-state index in [4.69, 9.17) is 14.1 Å². The highest BCUT2D eigenvalue weighted by Gasteiger charge is 2.24. The van der Waals surface area contributed by atoms with Gasteiger partial charge < -0.3 is 19.0 Å². The zero-order valence-corrected chi connectivity index (χ0v) is 16.1. The number of halogens is 1. The van der Waals surface area contributed by atoms with Crippen molar-refractivity contribution < 1.29 is 13.5 Å². The van der Waals surface area contributed by atoms with Crippen molar-refractivity contribution in [3.63, 3.8) is 0 Å². The molecule has 0 amide bonds. The van der Waals surface area contributed by atoms with E-state index in [9.17, 15) is 4.39 Å². The maximum absolute atomic E-state index is 13.8. The van der Waals surface area contributed by atoms with Gasteiger partial charge in [-0.2, -0.15) is 0 Å². The average Bonchev–Trinajstić information content (AvgIpc) is 3.47. The number of furan rings is 1. The van der Waals surface area contributed by atoms with Crippen molar-refractivity contribution >= 4 is 16.9 Å². The predicted octanol–water partition coefficient (Wildman–Crippen LogP) is 4.15. The Bertz CT molecular complexity index is 1190. The number of hydrogen-bond donors (Lipinski definition) is 1. The molecule has 1 atom stereocenters. The van der Waals surface area contributed by atoms with Gasteiger partial charge in [-0.25, -0.2) is 19.3 Å². The number of imidazole rings is 1. The zero-order valence-electron chi connectivity index (χ0n) is 16.1. The zero-order chi connectivity index (χ0) is 20.0. The van der Waals surface area contributed by atoms with E-state index in [1.165, 1.54) is 0 Å². The van der Waals surface area contributed by atoms with Gasteiger partial charge in [0.1, 0.15) is 28.9 Å². The third-order valence-electron chi connectivity index (χ3n) is 5.14. The van der Waals surface area contributed by atoms with Crippen LogP contribution in [0.5, 0.6) is 5.75 Å². The van der Waals surface area contributed by atoms with Crippen LogP contribution in [0.2, 0.25) is 0 Å². The van der Waals surface area contributed by atoms with E-state index in [1.807, 2.05) is 42.2 Å². The molecule has 0 radical (unpaired) electrons. The minimum absolute atomic E-state index is 0.382. The Hall–Kier alpha value is -3.42. The molecular weight excluding hydrogens is 373 g/mol. The summed E-state index contributed by atoms with van der Waals surface area (Å²) in [4.78, 5) is 18.7. The van der Waals surface area contributed by atoms with Crippen molar-refractivity contribution in [2.24, 2.45) is 0 Å². The molecule has 1 aromatic carbocycles. The molecule has 0 spiro atoms. The summed E-state index contributed by atoms with van der Waals surface area (Å²) < 4.78 is 25.0. The minimum Gasteiger partial charge on any atom is -0.497 e. The standard InChI is InChI=1S/C21H20FN5O2/c1-12-3-4-17(29-12)20-25-18(19-21(26-20)24-11-23-19)13-7-15(9-16(8-13)28-2)27-6-5-14(22)10-27/h3-4,7-9,11,14H,5-6,10H2,1-2H3,(H,23,24,25,26)/t14-/m1/s1. The molecule has 1 saturated heterocycles. The summed E-state index contributed by atoms with van der Waals surface area (Å²) >= 11 is 0. The minimum atomic E-state index is -0.809. The van der Waals surface area contributed by atoms with Crippen molar-refractivity contribution in [3.05, 3.63) is 42.4 Å².